The average Bonchev–Trinajstić information content (AvgIpc) is 3.25. The van der Waals surface area contributed by atoms with Gasteiger partial charge in [-0.1, -0.05) is 41.9 Å². The number of hydrogen-bond acceptors (Lipinski definition) is 7. The summed E-state index contributed by atoms with van der Waals surface area (Å²) < 4.78 is 3.17. The van der Waals surface area contributed by atoms with Crippen LogP contribution in [0.15, 0.2) is 53.6 Å². The number of aliphatic hydroxyl groups is 1. The molecule has 12 heteroatoms. The second-order valence-electron chi connectivity index (χ2n) is 10.4. The summed E-state index contributed by atoms with van der Waals surface area (Å²) in [5.74, 6) is 0. The van der Waals surface area contributed by atoms with Crippen LogP contribution in [0.1, 0.15) is 24.0 Å². The zero-order chi connectivity index (χ0) is 27.0. The Labute approximate surface area is 251 Å². The number of likely N-dealkylation sites (tertiary alicyclic amines) is 1. The normalized spacial score (nSPS) is 14.9. The van der Waals surface area contributed by atoms with Crippen LogP contribution in [0.5, 0.6) is 0 Å². The number of halogens is 3. The molecule has 40 heavy (non-hydrogen) atoms. The highest BCUT2D eigenvalue weighted by atomic mass is 35.5. The molecule has 5 rings (SSSR count). The molecule has 0 atom stereocenters. The molecule has 1 fully saturated rings. The lowest BCUT2D eigenvalue weighted by atomic mass is 9.91. The second kappa shape index (κ2) is 12.9. The predicted molar refractivity (Wildman–Crippen MR) is 166 cm³/mol. The van der Waals surface area contributed by atoms with Crippen molar-refractivity contribution in [3.05, 3.63) is 75.3 Å². The Morgan fingerprint density at radius 2 is 1.75 bits per heavy atom. The summed E-state index contributed by atoms with van der Waals surface area (Å²) in [7, 11) is 5.79. The van der Waals surface area contributed by atoms with Crippen molar-refractivity contribution >= 4 is 53.1 Å². The van der Waals surface area contributed by atoms with Gasteiger partial charge in [-0.15, -0.1) is 24.8 Å². The summed E-state index contributed by atoms with van der Waals surface area (Å²) in [6, 6.07) is 14.0. The van der Waals surface area contributed by atoms with E-state index < -0.39 is 5.60 Å². The number of hydrogen-bond donors (Lipinski definition) is 2. The van der Waals surface area contributed by atoms with Gasteiger partial charge in [0, 0.05) is 63.6 Å². The monoisotopic (exact) mass is 607 g/mol. The van der Waals surface area contributed by atoms with Crippen molar-refractivity contribution in [3.8, 4) is 11.3 Å². The molecule has 1 saturated heterocycles. The molecule has 3 heterocycles. The van der Waals surface area contributed by atoms with E-state index in [9.17, 15) is 9.90 Å². The minimum atomic E-state index is -0.996. The van der Waals surface area contributed by atoms with Crippen molar-refractivity contribution < 1.29 is 5.11 Å². The van der Waals surface area contributed by atoms with Crippen LogP contribution in [0, 0.1) is 0 Å². The number of benzene rings is 2. The van der Waals surface area contributed by atoms with Crippen LogP contribution >= 0.6 is 36.4 Å². The Kier molecular flexibility index (Phi) is 10.3. The van der Waals surface area contributed by atoms with Gasteiger partial charge in [0.25, 0.3) is 5.56 Å². The number of aromatic nitrogens is 4. The van der Waals surface area contributed by atoms with E-state index in [4.69, 9.17) is 17.3 Å². The molecule has 0 radical (unpaired) electrons. The van der Waals surface area contributed by atoms with E-state index in [0.29, 0.717) is 43.5 Å². The summed E-state index contributed by atoms with van der Waals surface area (Å²) in [5, 5.41) is 16.6. The van der Waals surface area contributed by atoms with Crippen molar-refractivity contribution in [1.82, 2.24) is 24.2 Å². The molecular weight excluding hydrogens is 573 g/mol. The first-order valence-corrected chi connectivity index (χ1v) is 13.2. The Balaban J connectivity index is 0.00000220. The summed E-state index contributed by atoms with van der Waals surface area (Å²) in [6.07, 6.45) is 2.62. The molecule has 0 spiro atoms. The van der Waals surface area contributed by atoms with Gasteiger partial charge in [0.1, 0.15) is 5.52 Å². The Hall–Kier alpha value is -2.66. The van der Waals surface area contributed by atoms with Crippen LogP contribution in [-0.4, -0.2) is 62.1 Å². The molecule has 216 valence electrons. The lowest BCUT2D eigenvalue weighted by Crippen LogP contribution is -2.47. The van der Waals surface area contributed by atoms with Gasteiger partial charge in [0.05, 0.1) is 24.2 Å². The number of rotatable bonds is 7. The second-order valence-corrected chi connectivity index (χ2v) is 10.8. The molecule has 9 nitrogen and oxygen atoms in total. The quantitative estimate of drug-likeness (QED) is 0.328. The summed E-state index contributed by atoms with van der Waals surface area (Å²) >= 11 is 6.53. The van der Waals surface area contributed by atoms with Gasteiger partial charge in [0.2, 0.25) is 0 Å². The highest BCUT2D eigenvalue weighted by Gasteiger charge is 2.33. The molecule has 1 aliphatic rings. The van der Waals surface area contributed by atoms with Crippen molar-refractivity contribution in [1.29, 1.82) is 0 Å². The smallest absolute Gasteiger partial charge is 0.281 e. The molecule has 2 aromatic carbocycles. The number of anilines is 1. The number of fused-ring (bicyclic) bond motifs is 1. The third-order valence-electron chi connectivity index (χ3n) is 7.47. The van der Waals surface area contributed by atoms with Crippen LogP contribution in [0.4, 0.5) is 5.69 Å². The van der Waals surface area contributed by atoms with Gasteiger partial charge in [-0.05, 0) is 36.1 Å². The fourth-order valence-corrected chi connectivity index (χ4v) is 5.35. The topological polar surface area (TPSA) is 105 Å². The molecular formula is C28H36Cl3N7O2. The zero-order valence-corrected chi connectivity index (χ0v) is 25.3. The van der Waals surface area contributed by atoms with E-state index in [1.807, 2.05) is 49.3 Å². The van der Waals surface area contributed by atoms with Crippen molar-refractivity contribution in [2.75, 3.05) is 32.1 Å². The predicted octanol–water partition coefficient (Wildman–Crippen LogP) is 3.85. The maximum atomic E-state index is 13.4. The number of nitrogens with zero attached hydrogens (tertiary/aromatic N) is 6. The SMILES string of the molecule is CN(C)c1ccc(CN2CCC(O)(Cn3cnc4c(-c5ccc(CN)cc5)n(C)nc4c3=O)CC2)c(Cl)c1.Cl.Cl. The van der Waals surface area contributed by atoms with Gasteiger partial charge in [0.15, 0.2) is 5.52 Å². The van der Waals surface area contributed by atoms with Crippen molar-refractivity contribution in [2.24, 2.45) is 12.8 Å². The van der Waals surface area contributed by atoms with E-state index >= 15 is 0 Å². The van der Waals surface area contributed by atoms with Crippen LogP contribution < -0.4 is 16.2 Å². The maximum absolute atomic E-state index is 13.4. The van der Waals surface area contributed by atoms with E-state index in [1.165, 1.54) is 10.9 Å². The van der Waals surface area contributed by atoms with E-state index in [0.717, 1.165) is 39.6 Å². The van der Waals surface area contributed by atoms with Crippen LogP contribution in [0.2, 0.25) is 5.02 Å². The Morgan fingerprint density at radius 3 is 2.35 bits per heavy atom. The Bertz CT molecular complexity index is 1510. The molecule has 0 aliphatic carbocycles. The molecule has 3 N–H and O–H groups in total. The lowest BCUT2D eigenvalue weighted by molar-refractivity contribution is -0.0364. The molecule has 0 amide bonds. The first-order valence-electron chi connectivity index (χ1n) is 12.8. The molecule has 2 aromatic heterocycles. The third kappa shape index (κ3) is 6.46. The summed E-state index contributed by atoms with van der Waals surface area (Å²) in [5.41, 5.74) is 10.2. The molecule has 0 saturated carbocycles. The molecule has 1 aliphatic heterocycles. The van der Waals surface area contributed by atoms with Crippen molar-refractivity contribution in [3.63, 3.8) is 0 Å². The van der Waals surface area contributed by atoms with Gasteiger partial charge in [-0.2, -0.15) is 5.10 Å². The lowest BCUT2D eigenvalue weighted by Gasteiger charge is -2.38. The third-order valence-corrected chi connectivity index (χ3v) is 7.83. The van der Waals surface area contributed by atoms with Gasteiger partial charge < -0.3 is 15.7 Å². The summed E-state index contributed by atoms with van der Waals surface area (Å²) in [4.78, 5) is 22.3. The first kappa shape index (κ1) is 31.9. The zero-order valence-electron chi connectivity index (χ0n) is 22.9. The largest absolute Gasteiger partial charge is 0.388 e. The van der Waals surface area contributed by atoms with E-state index in [1.54, 1.807) is 11.7 Å². The van der Waals surface area contributed by atoms with Gasteiger partial charge >= 0.3 is 0 Å². The van der Waals surface area contributed by atoms with Gasteiger partial charge in [-0.25, -0.2) is 4.98 Å². The highest BCUT2D eigenvalue weighted by Crippen LogP contribution is 2.29. The van der Waals surface area contributed by atoms with Crippen LogP contribution in [0.3, 0.4) is 0 Å². The maximum Gasteiger partial charge on any atom is 0.281 e. The minimum absolute atomic E-state index is 0. The first-order chi connectivity index (χ1) is 18.2. The van der Waals surface area contributed by atoms with E-state index in [-0.39, 0.29) is 36.9 Å². The fourth-order valence-electron chi connectivity index (χ4n) is 5.12. The van der Waals surface area contributed by atoms with Crippen molar-refractivity contribution in [2.45, 2.75) is 38.1 Å². The van der Waals surface area contributed by atoms with Gasteiger partial charge in [-0.3, -0.25) is 18.9 Å². The minimum Gasteiger partial charge on any atom is -0.388 e. The molecule has 4 aromatic rings. The highest BCUT2D eigenvalue weighted by molar-refractivity contribution is 6.31. The number of aryl methyl sites for hydroxylation is 1. The standard InChI is InChI=1S/C28H34ClN7O2.2ClH/c1-33(2)22-9-8-21(23(29)14-22)16-35-12-10-28(38,11-13-35)17-36-18-31-24-25(27(36)37)32-34(3)26(24)20-6-4-19(15-30)5-7-20;;/h4-9,14,18,38H,10-13,15-17,30H2,1-3H3;2*1H. The fraction of sp³-hybridized carbons (Fsp3) is 0.393. The molecule has 0 unspecified atom stereocenters. The van der Waals surface area contributed by atoms with Crippen LogP contribution in [0.25, 0.3) is 22.3 Å². The molecule has 0 bridgehead atoms. The summed E-state index contributed by atoms with van der Waals surface area (Å²) in [6.45, 7) is 2.78. The Morgan fingerprint density at radius 1 is 1.07 bits per heavy atom. The average molecular weight is 609 g/mol. The van der Waals surface area contributed by atoms with E-state index in [2.05, 4.69) is 27.1 Å². The van der Waals surface area contributed by atoms with Crippen LogP contribution in [-0.2, 0) is 26.7 Å². The number of piperidine rings is 1. The number of nitrogens with two attached hydrogens (primary N) is 1.